The molecule has 0 bridgehead atoms. The number of carbonyl (C=O) groups is 2. The van der Waals surface area contributed by atoms with Crippen LogP contribution in [0.15, 0.2) is 29.3 Å². The maximum Gasteiger partial charge on any atom is 0.409 e. The number of nitrogens with one attached hydrogen (secondary N) is 1. The molecule has 1 aromatic rings. The number of rotatable bonds is 5. The highest BCUT2D eigenvalue weighted by molar-refractivity contribution is 5.92. The molecule has 0 unspecified atom stereocenters. The Labute approximate surface area is 147 Å². The van der Waals surface area contributed by atoms with Crippen molar-refractivity contribution in [3.63, 3.8) is 0 Å². The summed E-state index contributed by atoms with van der Waals surface area (Å²) in [6, 6.07) is 7.16. The minimum absolute atomic E-state index is 0.173. The predicted molar refractivity (Wildman–Crippen MR) is 95.0 cm³/mol. The molecular formula is C17H25N5O3. The average molecular weight is 347 g/mol. The van der Waals surface area contributed by atoms with E-state index in [-0.39, 0.29) is 12.1 Å². The third-order valence-corrected chi connectivity index (χ3v) is 4.02. The fourth-order valence-electron chi connectivity index (χ4n) is 2.68. The smallest absolute Gasteiger partial charge is 0.409 e. The molecule has 0 aromatic heterocycles. The minimum Gasteiger partial charge on any atom is -0.450 e. The van der Waals surface area contributed by atoms with E-state index >= 15 is 0 Å². The lowest BCUT2D eigenvalue weighted by molar-refractivity contribution is 0.0961. The van der Waals surface area contributed by atoms with Gasteiger partial charge >= 0.3 is 6.09 Å². The highest BCUT2D eigenvalue weighted by Gasteiger charge is 2.23. The zero-order valence-electron chi connectivity index (χ0n) is 14.4. The Morgan fingerprint density at radius 3 is 2.68 bits per heavy atom. The van der Waals surface area contributed by atoms with Crippen LogP contribution in [0.2, 0.25) is 0 Å². The summed E-state index contributed by atoms with van der Waals surface area (Å²) in [5, 5.41) is 3.18. The molecule has 0 spiro atoms. The average Bonchev–Trinajstić information content (AvgIpc) is 2.61. The zero-order chi connectivity index (χ0) is 18.2. The monoisotopic (exact) mass is 347 g/mol. The second kappa shape index (κ2) is 8.91. The van der Waals surface area contributed by atoms with Crippen LogP contribution in [0.3, 0.4) is 0 Å². The minimum atomic E-state index is -0.467. The van der Waals surface area contributed by atoms with Gasteiger partial charge in [-0.15, -0.1) is 0 Å². The topological polar surface area (TPSA) is 123 Å². The number of hydrogen-bond acceptors (Lipinski definition) is 4. The number of nitrogens with two attached hydrogens (primary N) is 2. The quantitative estimate of drug-likeness (QED) is 0.537. The first-order valence-electron chi connectivity index (χ1n) is 8.36. The Bertz CT molecular complexity index is 639. The van der Waals surface area contributed by atoms with Gasteiger partial charge in [0.2, 0.25) is 5.91 Å². The standard InChI is InChI=1S/C17H25N5O3/c1-2-25-17(24)22-8-6-14(7-9-22)21-16(19)20-11-12-4-3-5-13(10-12)15(18)23/h3-5,10,14H,2,6-9,11H2,1H3,(H2,18,23)(H3,19,20,21). The maximum atomic E-state index is 11.7. The van der Waals surface area contributed by atoms with Crippen molar-refractivity contribution in [2.75, 3.05) is 19.7 Å². The molecule has 0 atom stereocenters. The van der Waals surface area contributed by atoms with Gasteiger partial charge in [-0.25, -0.2) is 9.79 Å². The van der Waals surface area contributed by atoms with Gasteiger partial charge in [-0.2, -0.15) is 0 Å². The number of hydrogen-bond donors (Lipinski definition) is 3. The van der Waals surface area contributed by atoms with E-state index in [1.54, 1.807) is 30.0 Å². The fourth-order valence-corrected chi connectivity index (χ4v) is 2.68. The number of likely N-dealkylation sites (tertiary alicyclic amines) is 1. The van der Waals surface area contributed by atoms with Crippen molar-refractivity contribution in [2.45, 2.75) is 32.4 Å². The molecule has 1 aromatic carbocycles. The van der Waals surface area contributed by atoms with Crippen LogP contribution >= 0.6 is 0 Å². The summed E-state index contributed by atoms with van der Waals surface area (Å²) < 4.78 is 5.00. The second-order valence-corrected chi connectivity index (χ2v) is 5.87. The van der Waals surface area contributed by atoms with E-state index in [0.29, 0.717) is 37.8 Å². The summed E-state index contributed by atoms with van der Waals surface area (Å²) >= 11 is 0. The molecule has 1 aliphatic heterocycles. The first kappa shape index (κ1) is 18.6. The molecule has 8 heteroatoms. The largest absolute Gasteiger partial charge is 0.450 e. The molecule has 8 nitrogen and oxygen atoms in total. The Morgan fingerprint density at radius 2 is 2.04 bits per heavy atom. The Hall–Kier alpha value is -2.77. The number of piperidine rings is 1. The lowest BCUT2D eigenvalue weighted by Gasteiger charge is -2.31. The van der Waals surface area contributed by atoms with E-state index in [1.165, 1.54) is 0 Å². The van der Waals surface area contributed by atoms with Crippen LogP contribution in [0.1, 0.15) is 35.7 Å². The van der Waals surface area contributed by atoms with E-state index in [9.17, 15) is 9.59 Å². The van der Waals surface area contributed by atoms with Crippen LogP contribution in [0.5, 0.6) is 0 Å². The van der Waals surface area contributed by atoms with Gasteiger partial charge in [-0.05, 0) is 37.5 Å². The first-order chi connectivity index (χ1) is 12.0. The van der Waals surface area contributed by atoms with Crippen LogP contribution in [0.4, 0.5) is 4.79 Å². The number of nitrogens with zero attached hydrogens (tertiary/aromatic N) is 2. The first-order valence-corrected chi connectivity index (χ1v) is 8.36. The van der Waals surface area contributed by atoms with Gasteiger partial charge in [0.15, 0.2) is 5.96 Å². The van der Waals surface area contributed by atoms with Gasteiger partial charge in [0.05, 0.1) is 13.2 Å². The van der Waals surface area contributed by atoms with Crippen molar-refractivity contribution in [1.29, 1.82) is 0 Å². The molecule has 0 aliphatic carbocycles. The molecule has 1 heterocycles. The second-order valence-electron chi connectivity index (χ2n) is 5.87. The molecule has 0 radical (unpaired) electrons. The summed E-state index contributed by atoms with van der Waals surface area (Å²) in [6.07, 6.45) is 1.30. The van der Waals surface area contributed by atoms with E-state index < -0.39 is 5.91 Å². The number of ether oxygens (including phenoxy) is 1. The number of aliphatic imine (C=N–C) groups is 1. The van der Waals surface area contributed by atoms with Crippen LogP contribution in [0, 0.1) is 0 Å². The Kier molecular flexibility index (Phi) is 6.62. The van der Waals surface area contributed by atoms with Gasteiger partial charge in [0.1, 0.15) is 0 Å². The molecule has 5 N–H and O–H groups in total. The van der Waals surface area contributed by atoms with Gasteiger partial charge in [0.25, 0.3) is 0 Å². The van der Waals surface area contributed by atoms with Crippen molar-refractivity contribution >= 4 is 18.0 Å². The highest BCUT2D eigenvalue weighted by Crippen LogP contribution is 2.11. The van der Waals surface area contributed by atoms with Crippen molar-refractivity contribution in [3.05, 3.63) is 35.4 Å². The SMILES string of the molecule is CCOC(=O)N1CCC(NC(N)=NCc2cccc(C(N)=O)c2)CC1. The summed E-state index contributed by atoms with van der Waals surface area (Å²) in [7, 11) is 0. The molecule has 0 saturated carbocycles. The number of carbonyl (C=O) groups excluding carboxylic acids is 2. The number of primary amides is 1. The lowest BCUT2D eigenvalue weighted by atomic mass is 10.1. The van der Waals surface area contributed by atoms with Crippen LogP contribution < -0.4 is 16.8 Å². The van der Waals surface area contributed by atoms with Crippen LogP contribution in [-0.2, 0) is 11.3 Å². The molecule has 2 amide bonds. The van der Waals surface area contributed by atoms with Gasteiger partial charge in [-0.3, -0.25) is 4.79 Å². The summed E-state index contributed by atoms with van der Waals surface area (Å²) in [6.45, 7) is 3.80. The Balaban J connectivity index is 1.81. The molecule has 136 valence electrons. The van der Waals surface area contributed by atoms with Gasteiger partial charge in [0, 0.05) is 24.7 Å². The molecule has 1 saturated heterocycles. The molecular weight excluding hydrogens is 322 g/mol. The Morgan fingerprint density at radius 1 is 1.32 bits per heavy atom. The van der Waals surface area contributed by atoms with E-state index in [4.69, 9.17) is 16.2 Å². The van der Waals surface area contributed by atoms with Crippen LogP contribution in [-0.4, -0.2) is 48.6 Å². The van der Waals surface area contributed by atoms with E-state index in [0.717, 1.165) is 18.4 Å². The zero-order valence-corrected chi connectivity index (χ0v) is 14.4. The molecule has 25 heavy (non-hydrogen) atoms. The molecule has 2 rings (SSSR count). The summed E-state index contributed by atoms with van der Waals surface area (Å²) in [4.78, 5) is 28.8. The fraction of sp³-hybridized carbons (Fsp3) is 0.471. The number of guanidine groups is 1. The third kappa shape index (κ3) is 5.66. The van der Waals surface area contributed by atoms with Gasteiger partial charge in [-0.1, -0.05) is 12.1 Å². The predicted octanol–water partition coefficient (Wildman–Crippen LogP) is 0.811. The number of amides is 2. The van der Waals surface area contributed by atoms with Crippen molar-refractivity contribution in [3.8, 4) is 0 Å². The molecule has 1 fully saturated rings. The number of benzene rings is 1. The van der Waals surface area contributed by atoms with E-state index in [1.807, 2.05) is 6.07 Å². The summed E-state index contributed by atoms with van der Waals surface area (Å²) in [5.74, 6) is -0.121. The lowest BCUT2D eigenvalue weighted by Crippen LogP contribution is -2.48. The van der Waals surface area contributed by atoms with Crippen molar-refractivity contribution in [2.24, 2.45) is 16.5 Å². The molecule has 1 aliphatic rings. The highest BCUT2D eigenvalue weighted by atomic mass is 16.6. The normalized spacial score (nSPS) is 15.7. The summed E-state index contributed by atoms with van der Waals surface area (Å²) in [5.41, 5.74) is 12.5. The van der Waals surface area contributed by atoms with E-state index in [2.05, 4.69) is 10.3 Å². The van der Waals surface area contributed by atoms with Gasteiger partial charge < -0.3 is 26.4 Å². The van der Waals surface area contributed by atoms with Crippen LogP contribution in [0.25, 0.3) is 0 Å². The third-order valence-electron chi connectivity index (χ3n) is 4.02. The van der Waals surface area contributed by atoms with Crippen molar-refractivity contribution < 1.29 is 14.3 Å². The maximum absolute atomic E-state index is 11.7. The van der Waals surface area contributed by atoms with Crippen molar-refractivity contribution in [1.82, 2.24) is 10.2 Å².